The van der Waals surface area contributed by atoms with Gasteiger partial charge >= 0.3 is 0 Å². The second-order valence-corrected chi connectivity index (χ2v) is 11.4. The fourth-order valence-corrected chi connectivity index (χ4v) is 5.42. The molecule has 0 fully saturated rings. The summed E-state index contributed by atoms with van der Waals surface area (Å²) in [5.74, 6) is 0.468. The molecule has 4 rings (SSSR count). The molecule has 4 aromatic rings. The number of aryl methyl sites for hydroxylation is 1. The van der Waals surface area contributed by atoms with Crippen molar-refractivity contribution in [3.05, 3.63) is 107 Å². The second kappa shape index (κ2) is 14.4. The van der Waals surface area contributed by atoms with Gasteiger partial charge in [-0.15, -0.1) is 0 Å². The highest BCUT2D eigenvalue weighted by atomic mass is 35.5. The molecule has 224 valence electrons. The highest BCUT2D eigenvalue weighted by molar-refractivity contribution is 7.92. The molecule has 0 spiro atoms. The molecule has 3 aromatic carbocycles. The first-order valence-electron chi connectivity index (χ1n) is 12.9. The molecular weight excluding hydrogens is 596 g/mol. The molecule has 2 N–H and O–H groups in total. The normalized spacial score (nSPS) is 11.2. The predicted octanol–water partition coefficient (Wildman–Crippen LogP) is 4.29. The third-order valence-electron chi connectivity index (χ3n) is 6.01. The van der Waals surface area contributed by atoms with Gasteiger partial charge in [-0.3, -0.25) is 13.9 Å². The zero-order valence-corrected chi connectivity index (χ0v) is 24.9. The minimum atomic E-state index is -4.14. The number of carbonyl (C=O) groups excluding carboxylic acids is 2. The largest absolute Gasteiger partial charge is 0.495 e. The number of amides is 2. The number of furan rings is 1. The first kappa shape index (κ1) is 31.1. The molecule has 2 amide bonds. The van der Waals surface area contributed by atoms with Crippen molar-refractivity contribution in [2.24, 2.45) is 5.10 Å². The van der Waals surface area contributed by atoms with Crippen molar-refractivity contribution >= 4 is 45.3 Å². The highest BCUT2D eigenvalue weighted by Crippen LogP contribution is 2.32. The van der Waals surface area contributed by atoms with Crippen LogP contribution in [0.15, 0.2) is 99.5 Å². The van der Waals surface area contributed by atoms with Gasteiger partial charge in [0.05, 0.1) is 41.7 Å². The summed E-state index contributed by atoms with van der Waals surface area (Å²) in [5, 5.41) is 6.82. The molecule has 43 heavy (non-hydrogen) atoms. The van der Waals surface area contributed by atoms with Crippen LogP contribution in [-0.2, 0) is 26.2 Å². The third-order valence-corrected chi connectivity index (χ3v) is 8.10. The van der Waals surface area contributed by atoms with Crippen LogP contribution in [0.5, 0.6) is 11.5 Å². The van der Waals surface area contributed by atoms with Gasteiger partial charge in [0, 0.05) is 0 Å². The van der Waals surface area contributed by atoms with Crippen molar-refractivity contribution < 1.29 is 31.9 Å². The molecule has 1 aromatic heterocycles. The van der Waals surface area contributed by atoms with Crippen LogP contribution < -0.4 is 24.5 Å². The van der Waals surface area contributed by atoms with E-state index in [9.17, 15) is 18.0 Å². The lowest BCUT2D eigenvalue weighted by molar-refractivity contribution is -0.123. The number of carbonyl (C=O) groups is 2. The van der Waals surface area contributed by atoms with Crippen LogP contribution in [0, 0.1) is 6.92 Å². The number of sulfonamides is 1. The summed E-state index contributed by atoms with van der Waals surface area (Å²) >= 11 is 6.26. The number of halogens is 1. The van der Waals surface area contributed by atoms with Crippen LogP contribution in [0.25, 0.3) is 0 Å². The number of hydrazone groups is 1. The standard InChI is InChI=1S/C30H29ClN4O7S/c1-21-5-12-26(13-6-21)43(38,39)35(23-9-14-28(40-2)27(31)16-23)19-29(36)34-33-17-22-7-10-24(11-8-22)42-20-30(37)32-18-25-4-3-15-41-25/h3-17H,18-20H2,1-2H3,(H,32,37)(H,34,36)/b33-17-. The average molecular weight is 625 g/mol. The number of nitrogens with zero attached hydrogens (tertiary/aromatic N) is 2. The van der Waals surface area contributed by atoms with E-state index in [2.05, 4.69) is 15.8 Å². The maximum atomic E-state index is 13.6. The van der Waals surface area contributed by atoms with E-state index in [0.29, 0.717) is 22.8 Å². The molecule has 0 saturated heterocycles. The number of rotatable bonds is 13. The predicted molar refractivity (Wildman–Crippen MR) is 162 cm³/mol. The van der Waals surface area contributed by atoms with E-state index in [0.717, 1.165) is 9.87 Å². The van der Waals surface area contributed by atoms with Gasteiger partial charge < -0.3 is 19.2 Å². The molecular formula is C30H29ClN4O7S. The molecule has 0 aliphatic carbocycles. The number of hydrogen-bond donors (Lipinski definition) is 2. The van der Waals surface area contributed by atoms with Gasteiger partial charge in [-0.1, -0.05) is 29.3 Å². The Labute approximate surface area is 254 Å². The minimum absolute atomic E-state index is 0.0126. The van der Waals surface area contributed by atoms with Gasteiger partial charge in [-0.2, -0.15) is 5.10 Å². The van der Waals surface area contributed by atoms with Crippen molar-refractivity contribution in [2.75, 3.05) is 24.6 Å². The van der Waals surface area contributed by atoms with Crippen LogP contribution in [0.3, 0.4) is 0 Å². The average Bonchev–Trinajstić information content (AvgIpc) is 3.52. The van der Waals surface area contributed by atoms with E-state index in [-0.39, 0.29) is 34.7 Å². The van der Waals surface area contributed by atoms with Crippen LogP contribution in [-0.4, -0.2) is 46.7 Å². The summed E-state index contributed by atoms with van der Waals surface area (Å²) in [6.07, 6.45) is 2.92. The monoisotopic (exact) mass is 624 g/mol. The Hall–Kier alpha value is -4.81. The summed E-state index contributed by atoms with van der Waals surface area (Å²) in [7, 11) is -2.69. The van der Waals surface area contributed by atoms with E-state index in [1.54, 1.807) is 48.5 Å². The lowest BCUT2D eigenvalue weighted by Crippen LogP contribution is -2.39. The quantitative estimate of drug-likeness (QED) is 0.167. The Morgan fingerprint density at radius 1 is 1.02 bits per heavy atom. The van der Waals surface area contributed by atoms with Crippen LogP contribution in [0.1, 0.15) is 16.9 Å². The lowest BCUT2D eigenvalue weighted by atomic mass is 10.2. The van der Waals surface area contributed by atoms with Gasteiger partial charge in [-0.25, -0.2) is 13.8 Å². The Bertz CT molecular complexity index is 1670. The molecule has 0 radical (unpaired) electrons. The summed E-state index contributed by atoms with van der Waals surface area (Å²) < 4.78 is 43.9. The zero-order chi connectivity index (χ0) is 30.8. The molecule has 13 heteroatoms. The molecule has 11 nitrogen and oxygen atoms in total. The summed E-state index contributed by atoms with van der Waals surface area (Å²) in [6.45, 7) is 1.36. The van der Waals surface area contributed by atoms with Crippen LogP contribution in [0.4, 0.5) is 5.69 Å². The van der Waals surface area contributed by atoms with E-state index in [1.807, 2.05) is 6.92 Å². The topological polar surface area (TPSA) is 140 Å². The van der Waals surface area contributed by atoms with Crippen molar-refractivity contribution in [2.45, 2.75) is 18.4 Å². The van der Waals surface area contributed by atoms with E-state index in [1.165, 1.54) is 49.9 Å². The maximum Gasteiger partial charge on any atom is 0.264 e. The molecule has 0 bridgehead atoms. The fourth-order valence-electron chi connectivity index (χ4n) is 3.76. The molecule has 0 unspecified atom stereocenters. The SMILES string of the molecule is COc1ccc(N(CC(=O)N/N=C\c2ccc(OCC(=O)NCc3ccco3)cc2)S(=O)(=O)c2ccc(C)cc2)cc1Cl. The summed E-state index contributed by atoms with van der Waals surface area (Å²) in [6, 6.07) is 20.9. The maximum absolute atomic E-state index is 13.6. The van der Waals surface area contributed by atoms with E-state index < -0.39 is 22.5 Å². The van der Waals surface area contributed by atoms with Gasteiger partial charge in [0.2, 0.25) is 0 Å². The molecule has 0 atom stereocenters. The van der Waals surface area contributed by atoms with Crippen LogP contribution in [0.2, 0.25) is 5.02 Å². The Morgan fingerprint density at radius 2 is 1.77 bits per heavy atom. The van der Waals surface area contributed by atoms with E-state index in [4.69, 9.17) is 25.5 Å². The second-order valence-electron chi connectivity index (χ2n) is 9.15. The molecule has 0 aliphatic rings. The number of methoxy groups -OCH3 is 1. The third kappa shape index (κ3) is 8.60. The van der Waals surface area contributed by atoms with Gasteiger partial charge in [-0.05, 0) is 79.2 Å². The number of anilines is 1. The Morgan fingerprint density at radius 3 is 2.42 bits per heavy atom. The molecule has 0 aliphatic heterocycles. The number of benzene rings is 3. The smallest absolute Gasteiger partial charge is 0.264 e. The van der Waals surface area contributed by atoms with Gasteiger partial charge in [0.15, 0.2) is 6.61 Å². The number of hydrogen-bond acceptors (Lipinski definition) is 8. The van der Waals surface area contributed by atoms with Crippen molar-refractivity contribution in [1.82, 2.24) is 10.7 Å². The molecule has 1 heterocycles. The zero-order valence-electron chi connectivity index (χ0n) is 23.3. The number of nitrogens with one attached hydrogen (secondary N) is 2. The van der Waals surface area contributed by atoms with Crippen LogP contribution >= 0.6 is 11.6 Å². The summed E-state index contributed by atoms with van der Waals surface area (Å²) in [4.78, 5) is 24.8. The van der Waals surface area contributed by atoms with Crippen molar-refractivity contribution in [3.63, 3.8) is 0 Å². The van der Waals surface area contributed by atoms with Gasteiger partial charge in [0.25, 0.3) is 21.8 Å². The fraction of sp³-hybridized carbons (Fsp3) is 0.167. The highest BCUT2D eigenvalue weighted by Gasteiger charge is 2.28. The van der Waals surface area contributed by atoms with Crippen molar-refractivity contribution in [3.8, 4) is 11.5 Å². The van der Waals surface area contributed by atoms with Crippen molar-refractivity contribution in [1.29, 1.82) is 0 Å². The molecule has 0 saturated carbocycles. The van der Waals surface area contributed by atoms with Gasteiger partial charge in [0.1, 0.15) is 23.8 Å². The number of ether oxygens (including phenoxy) is 2. The summed E-state index contributed by atoms with van der Waals surface area (Å²) in [5.41, 5.74) is 4.04. The minimum Gasteiger partial charge on any atom is -0.495 e. The first-order valence-corrected chi connectivity index (χ1v) is 14.7. The first-order chi connectivity index (χ1) is 20.7. The Balaban J connectivity index is 1.37. The Kier molecular flexibility index (Phi) is 10.4. The lowest BCUT2D eigenvalue weighted by Gasteiger charge is -2.24. The van der Waals surface area contributed by atoms with E-state index >= 15 is 0 Å².